The molecule has 0 saturated heterocycles. The van der Waals surface area contributed by atoms with Crippen molar-refractivity contribution in [2.75, 3.05) is 0 Å². The van der Waals surface area contributed by atoms with E-state index in [9.17, 15) is 4.21 Å². The van der Waals surface area contributed by atoms with Crippen LogP contribution in [0, 0.1) is 0 Å². The van der Waals surface area contributed by atoms with Crippen LogP contribution in [0.1, 0.15) is 45.7 Å². The van der Waals surface area contributed by atoms with E-state index < -0.39 is 11.0 Å². The Morgan fingerprint density at radius 3 is 2.33 bits per heavy atom. The lowest BCUT2D eigenvalue weighted by atomic mass is 9.99. The average molecular weight is 265 g/mol. The molecular weight excluding hydrogens is 242 g/mol. The van der Waals surface area contributed by atoms with Crippen molar-refractivity contribution in [2.24, 2.45) is 0 Å². The second kappa shape index (κ2) is 6.30. The van der Waals surface area contributed by atoms with E-state index in [2.05, 4.69) is 18.2 Å². The van der Waals surface area contributed by atoms with Crippen LogP contribution in [0.4, 0.5) is 0 Å². The summed E-state index contributed by atoms with van der Waals surface area (Å²) in [7, 11) is -1.10. The van der Waals surface area contributed by atoms with Gasteiger partial charge in [0.2, 0.25) is 0 Å². The van der Waals surface area contributed by atoms with Gasteiger partial charge in [-0.15, -0.1) is 0 Å². The van der Waals surface area contributed by atoms with Gasteiger partial charge in [-0.25, -0.2) is 8.93 Å². The summed E-state index contributed by atoms with van der Waals surface area (Å²) in [4.78, 5) is 0. The van der Waals surface area contributed by atoms with Gasteiger partial charge in [-0.1, -0.05) is 49.4 Å². The predicted molar refractivity (Wildman–Crippen MR) is 79.6 cm³/mol. The van der Waals surface area contributed by atoms with Crippen LogP contribution >= 0.6 is 0 Å². The molecule has 0 radical (unpaired) electrons. The number of rotatable bonds is 5. The molecule has 0 bridgehead atoms. The first-order valence-corrected chi connectivity index (χ1v) is 7.42. The van der Waals surface area contributed by atoms with E-state index in [0.717, 1.165) is 17.6 Å². The zero-order chi connectivity index (χ0) is 13.8. The Balaban J connectivity index is 2.95. The van der Waals surface area contributed by atoms with Crippen molar-refractivity contribution in [2.45, 2.75) is 44.9 Å². The Morgan fingerprint density at radius 2 is 1.89 bits per heavy atom. The monoisotopic (exact) mass is 265 g/mol. The summed E-state index contributed by atoms with van der Waals surface area (Å²) in [6, 6.07) is 10.0. The van der Waals surface area contributed by atoms with E-state index in [1.165, 1.54) is 0 Å². The fourth-order valence-corrected chi connectivity index (χ4v) is 2.39. The Labute approximate surface area is 113 Å². The maximum Gasteiger partial charge on any atom is 0.0978 e. The second-order valence-corrected chi connectivity index (χ2v) is 7.35. The highest BCUT2D eigenvalue weighted by atomic mass is 32.2. The molecule has 1 N–H and O–H groups in total. The van der Waals surface area contributed by atoms with Gasteiger partial charge in [0, 0.05) is 0 Å². The highest BCUT2D eigenvalue weighted by Gasteiger charge is 2.24. The number of hydrogen-bond donors (Lipinski definition) is 1. The summed E-state index contributed by atoms with van der Waals surface area (Å²) in [5, 5.41) is 0. The molecule has 1 rings (SSSR count). The molecule has 0 heterocycles. The highest BCUT2D eigenvalue weighted by molar-refractivity contribution is 7.84. The van der Waals surface area contributed by atoms with E-state index in [0.29, 0.717) is 0 Å². The van der Waals surface area contributed by atoms with Crippen LogP contribution in [0.3, 0.4) is 0 Å². The molecule has 2 nitrogen and oxygen atoms in total. The molecule has 1 aromatic rings. The van der Waals surface area contributed by atoms with Gasteiger partial charge in [0.05, 0.1) is 21.8 Å². The van der Waals surface area contributed by atoms with Crippen LogP contribution in [-0.4, -0.2) is 8.96 Å². The number of hydrogen-bond acceptors (Lipinski definition) is 1. The number of nitrogens with one attached hydrogen (secondary N) is 1. The summed E-state index contributed by atoms with van der Waals surface area (Å²) in [5.74, 6) is 0. The fraction of sp³-hybridized carbons (Fsp3) is 0.467. The minimum absolute atomic E-state index is 0.0451. The minimum atomic E-state index is -1.10. The van der Waals surface area contributed by atoms with Crippen molar-refractivity contribution in [3.05, 3.63) is 48.0 Å². The van der Waals surface area contributed by atoms with Crippen molar-refractivity contribution < 1.29 is 4.21 Å². The summed E-state index contributed by atoms with van der Waals surface area (Å²) in [6.07, 6.45) is 0.869. The lowest BCUT2D eigenvalue weighted by molar-refractivity contribution is 0.618. The molecule has 18 heavy (non-hydrogen) atoms. The molecule has 1 unspecified atom stereocenters. The number of benzene rings is 1. The van der Waals surface area contributed by atoms with Crippen LogP contribution < -0.4 is 4.72 Å². The Bertz CT molecular complexity index is 420. The van der Waals surface area contributed by atoms with Gasteiger partial charge in [0.15, 0.2) is 0 Å². The van der Waals surface area contributed by atoms with Crippen LogP contribution in [0.15, 0.2) is 42.5 Å². The molecule has 2 atom stereocenters. The minimum Gasteiger partial charge on any atom is -0.242 e. The van der Waals surface area contributed by atoms with Gasteiger partial charge < -0.3 is 0 Å². The lowest BCUT2D eigenvalue weighted by Crippen LogP contribution is -2.36. The molecule has 0 fully saturated rings. The van der Waals surface area contributed by atoms with Crippen molar-refractivity contribution in [1.29, 1.82) is 0 Å². The Kier molecular flexibility index (Phi) is 5.29. The van der Waals surface area contributed by atoms with Gasteiger partial charge in [-0.2, -0.15) is 0 Å². The lowest BCUT2D eigenvalue weighted by Gasteiger charge is -2.25. The molecule has 0 aromatic heterocycles. The van der Waals surface area contributed by atoms with Gasteiger partial charge >= 0.3 is 0 Å². The molecular formula is C15H23NOS. The van der Waals surface area contributed by atoms with Crippen molar-refractivity contribution in [3.8, 4) is 0 Å². The molecule has 0 spiro atoms. The molecule has 0 amide bonds. The standard InChI is InChI=1S/C15H23NOS/c1-6-12(2)14(13-10-8-7-9-11-13)16-18(17)15(3,4)5/h7-11,14,16H,2,6H2,1,3-5H3/t14-,18?/m0/s1. The maximum atomic E-state index is 12.2. The summed E-state index contributed by atoms with van der Waals surface area (Å²) >= 11 is 0. The van der Waals surface area contributed by atoms with E-state index >= 15 is 0 Å². The van der Waals surface area contributed by atoms with E-state index in [1.54, 1.807) is 0 Å². The predicted octanol–water partition coefficient (Wildman–Crippen LogP) is 3.75. The van der Waals surface area contributed by atoms with Gasteiger partial charge in [0.1, 0.15) is 0 Å². The first kappa shape index (κ1) is 15.1. The molecule has 1 aromatic carbocycles. The summed E-state index contributed by atoms with van der Waals surface area (Å²) < 4.78 is 15.1. The zero-order valence-electron chi connectivity index (χ0n) is 11.7. The van der Waals surface area contributed by atoms with Crippen molar-refractivity contribution in [3.63, 3.8) is 0 Å². The molecule has 0 aliphatic heterocycles. The van der Waals surface area contributed by atoms with E-state index in [1.807, 2.05) is 51.1 Å². The van der Waals surface area contributed by atoms with Gasteiger partial charge in [-0.05, 0) is 32.8 Å². The summed E-state index contributed by atoms with van der Waals surface area (Å²) in [6.45, 7) is 12.1. The average Bonchev–Trinajstić information content (AvgIpc) is 2.34. The third kappa shape index (κ3) is 4.07. The second-order valence-electron chi connectivity index (χ2n) is 5.35. The van der Waals surface area contributed by atoms with E-state index in [-0.39, 0.29) is 10.8 Å². The molecule has 0 aliphatic carbocycles. The van der Waals surface area contributed by atoms with Crippen LogP contribution in [-0.2, 0) is 11.0 Å². The largest absolute Gasteiger partial charge is 0.242 e. The first-order valence-electron chi connectivity index (χ1n) is 6.27. The third-order valence-electron chi connectivity index (χ3n) is 2.78. The zero-order valence-corrected chi connectivity index (χ0v) is 12.5. The van der Waals surface area contributed by atoms with Crippen molar-refractivity contribution >= 4 is 11.0 Å². The highest BCUT2D eigenvalue weighted by Crippen LogP contribution is 2.24. The Hall–Kier alpha value is -0.930. The molecule has 3 heteroatoms. The van der Waals surface area contributed by atoms with Gasteiger partial charge in [0.25, 0.3) is 0 Å². The normalized spacial score (nSPS) is 15.1. The smallest absolute Gasteiger partial charge is 0.0978 e. The SMILES string of the molecule is C=C(CC)[C@H](NS(=O)C(C)(C)C)c1ccccc1. The maximum absolute atomic E-state index is 12.2. The van der Waals surface area contributed by atoms with E-state index in [4.69, 9.17) is 0 Å². The van der Waals surface area contributed by atoms with Crippen LogP contribution in [0.25, 0.3) is 0 Å². The fourth-order valence-electron chi connectivity index (χ4n) is 1.52. The van der Waals surface area contributed by atoms with Crippen molar-refractivity contribution in [1.82, 2.24) is 4.72 Å². The van der Waals surface area contributed by atoms with Crippen LogP contribution in [0.2, 0.25) is 0 Å². The van der Waals surface area contributed by atoms with Gasteiger partial charge in [-0.3, -0.25) is 0 Å². The molecule has 0 saturated carbocycles. The van der Waals surface area contributed by atoms with Crippen LogP contribution in [0.5, 0.6) is 0 Å². The molecule has 0 aliphatic rings. The third-order valence-corrected chi connectivity index (χ3v) is 4.34. The quantitative estimate of drug-likeness (QED) is 0.807. The summed E-state index contributed by atoms with van der Waals surface area (Å²) in [5.41, 5.74) is 2.17. The molecule has 100 valence electrons. The Morgan fingerprint density at radius 1 is 1.33 bits per heavy atom. The first-order chi connectivity index (χ1) is 8.36. The topological polar surface area (TPSA) is 29.1 Å².